The van der Waals surface area contributed by atoms with Crippen molar-refractivity contribution in [2.24, 2.45) is 22.7 Å². The fourth-order valence-electron chi connectivity index (χ4n) is 2.32. The quantitative estimate of drug-likeness (QED) is 0.304. The minimum Gasteiger partial charge on any atom is -0.469 e. The van der Waals surface area contributed by atoms with Crippen LogP contribution in [0.15, 0.2) is 4.99 Å². The fourth-order valence-corrected chi connectivity index (χ4v) is 2.32. The van der Waals surface area contributed by atoms with Gasteiger partial charge in [-0.1, -0.05) is 13.8 Å². The van der Waals surface area contributed by atoms with E-state index in [1.54, 1.807) is 0 Å². The van der Waals surface area contributed by atoms with Crippen molar-refractivity contribution in [3.8, 4) is 0 Å². The number of hydrogen-bond donors (Lipinski definition) is 2. The number of nitrogens with one attached hydrogen (secondary N) is 1. The molecule has 0 aliphatic carbocycles. The average Bonchev–Trinajstić information content (AvgIpc) is 2.83. The summed E-state index contributed by atoms with van der Waals surface area (Å²) in [5, 5.41) is 12.3. The highest BCUT2D eigenvalue weighted by molar-refractivity contribution is 14.0. The van der Waals surface area contributed by atoms with Crippen LogP contribution in [-0.2, 0) is 9.53 Å². The Hall–Kier alpha value is -0.570. The number of aliphatic imine (C=N–C) groups is 1. The summed E-state index contributed by atoms with van der Waals surface area (Å²) in [4.78, 5) is 18.4. The Morgan fingerprint density at radius 1 is 1.52 bits per heavy atom. The number of carbonyl (C=O) groups is 1. The second-order valence-electron chi connectivity index (χ2n) is 5.49. The Balaban J connectivity index is 0.00000400. The van der Waals surface area contributed by atoms with Crippen LogP contribution in [0, 0.1) is 17.8 Å². The maximum absolute atomic E-state index is 11.7. The third-order valence-corrected chi connectivity index (χ3v) is 3.62. The number of methoxy groups -OCH3 is 1. The van der Waals surface area contributed by atoms with E-state index in [1.165, 1.54) is 7.11 Å². The van der Waals surface area contributed by atoms with Crippen LogP contribution in [0.25, 0.3) is 0 Å². The predicted octanol–water partition coefficient (Wildman–Crippen LogP) is 0.939. The van der Waals surface area contributed by atoms with Gasteiger partial charge in [0.05, 0.1) is 13.0 Å². The predicted molar refractivity (Wildman–Crippen MR) is 93.9 cm³/mol. The van der Waals surface area contributed by atoms with Gasteiger partial charge in [0.25, 0.3) is 0 Å². The van der Waals surface area contributed by atoms with Crippen LogP contribution in [0.5, 0.6) is 0 Å². The van der Waals surface area contributed by atoms with Gasteiger partial charge in [-0.2, -0.15) is 0 Å². The zero-order chi connectivity index (χ0) is 15.1. The lowest BCUT2D eigenvalue weighted by Gasteiger charge is -2.22. The monoisotopic (exact) mass is 413 g/mol. The Morgan fingerprint density at radius 2 is 2.19 bits per heavy atom. The normalized spacial score (nSPS) is 23.5. The molecule has 1 fully saturated rings. The highest BCUT2D eigenvalue weighted by Crippen LogP contribution is 2.24. The van der Waals surface area contributed by atoms with Crippen molar-refractivity contribution in [1.82, 2.24) is 10.2 Å². The van der Waals surface area contributed by atoms with Gasteiger partial charge in [0.2, 0.25) is 0 Å². The molecule has 0 saturated carbocycles. The van der Waals surface area contributed by atoms with E-state index >= 15 is 0 Å². The van der Waals surface area contributed by atoms with Gasteiger partial charge < -0.3 is 20.1 Å². The van der Waals surface area contributed by atoms with Gasteiger partial charge >= 0.3 is 5.97 Å². The van der Waals surface area contributed by atoms with Crippen LogP contribution in [0.2, 0.25) is 0 Å². The summed E-state index contributed by atoms with van der Waals surface area (Å²) in [5.74, 6) is 0.950. The number of guanidine groups is 1. The number of carbonyl (C=O) groups excluding carboxylic acids is 1. The van der Waals surface area contributed by atoms with Gasteiger partial charge in [-0.15, -0.1) is 24.0 Å². The maximum atomic E-state index is 11.7. The molecule has 124 valence electrons. The second-order valence-corrected chi connectivity index (χ2v) is 5.49. The first-order valence-corrected chi connectivity index (χ1v) is 7.25. The third kappa shape index (κ3) is 5.98. The van der Waals surface area contributed by atoms with E-state index in [0.717, 1.165) is 19.0 Å². The Labute approximate surface area is 144 Å². The van der Waals surface area contributed by atoms with Crippen molar-refractivity contribution in [2.75, 3.05) is 39.9 Å². The van der Waals surface area contributed by atoms with Crippen molar-refractivity contribution in [3.05, 3.63) is 0 Å². The van der Waals surface area contributed by atoms with Gasteiger partial charge in [-0.25, -0.2) is 0 Å². The molecule has 3 unspecified atom stereocenters. The number of likely N-dealkylation sites (tertiary alicyclic amines) is 1. The summed E-state index contributed by atoms with van der Waals surface area (Å²) in [6.45, 7) is 8.93. The van der Waals surface area contributed by atoms with E-state index in [2.05, 4.69) is 22.1 Å². The molecule has 1 aliphatic rings. The van der Waals surface area contributed by atoms with Gasteiger partial charge in [-0.05, 0) is 18.8 Å². The molecule has 6 nitrogen and oxygen atoms in total. The molecular formula is C14H28IN3O3. The average molecular weight is 413 g/mol. The van der Waals surface area contributed by atoms with E-state index in [9.17, 15) is 4.79 Å². The van der Waals surface area contributed by atoms with Crippen molar-refractivity contribution >= 4 is 35.9 Å². The van der Waals surface area contributed by atoms with E-state index in [4.69, 9.17) is 9.84 Å². The van der Waals surface area contributed by atoms with Crippen molar-refractivity contribution in [3.63, 3.8) is 0 Å². The van der Waals surface area contributed by atoms with Crippen LogP contribution in [-0.4, -0.2) is 61.8 Å². The van der Waals surface area contributed by atoms with E-state index in [1.807, 2.05) is 13.8 Å². The van der Waals surface area contributed by atoms with Crippen LogP contribution in [0.1, 0.15) is 20.8 Å². The molecule has 1 aliphatic heterocycles. The smallest absolute Gasteiger partial charge is 0.310 e. The summed E-state index contributed by atoms with van der Waals surface area (Å²) in [7, 11) is 1.43. The van der Waals surface area contributed by atoms with Crippen molar-refractivity contribution in [2.45, 2.75) is 20.8 Å². The standard InChI is InChI=1S/C14H27N3O3.HI/c1-5-15-14(16-6-10(2)9-18)17-7-11(3)12(8-17)13(19)20-4;/h10-12,18H,5-9H2,1-4H3,(H,15,16);1H. The van der Waals surface area contributed by atoms with E-state index in [0.29, 0.717) is 13.1 Å². The molecule has 2 N–H and O–H groups in total. The van der Waals surface area contributed by atoms with E-state index < -0.39 is 0 Å². The highest BCUT2D eigenvalue weighted by Gasteiger charge is 2.36. The number of esters is 1. The molecule has 1 heterocycles. The number of aliphatic hydroxyl groups excluding tert-OH is 1. The number of nitrogens with zero attached hydrogens (tertiary/aromatic N) is 2. The molecular weight excluding hydrogens is 385 g/mol. The lowest BCUT2D eigenvalue weighted by molar-refractivity contribution is -0.145. The van der Waals surface area contributed by atoms with Gasteiger partial charge in [0.1, 0.15) is 0 Å². The molecule has 0 aromatic carbocycles. The van der Waals surface area contributed by atoms with Crippen LogP contribution < -0.4 is 5.32 Å². The number of halogens is 1. The molecule has 3 atom stereocenters. The molecule has 0 bridgehead atoms. The zero-order valence-corrected chi connectivity index (χ0v) is 15.7. The summed E-state index contributed by atoms with van der Waals surface area (Å²) < 4.78 is 4.85. The Morgan fingerprint density at radius 3 is 2.71 bits per heavy atom. The number of ether oxygens (including phenoxy) is 1. The number of hydrogen-bond acceptors (Lipinski definition) is 4. The lowest BCUT2D eigenvalue weighted by Crippen LogP contribution is -2.41. The molecule has 1 saturated heterocycles. The van der Waals surface area contributed by atoms with Gasteiger partial charge in [-0.3, -0.25) is 9.79 Å². The van der Waals surface area contributed by atoms with Crippen LogP contribution >= 0.6 is 24.0 Å². The first-order chi connectivity index (χ1) is 9.53. The SMILES string of the molecule is CCNC(=NCC(C)CO)N1CC(C)C(C(=O)OC)C1.I. The van der Waals surface area contributed by atoms with Gasteiger partial charge in [0, 0.05) is 32.8 Å². The third-order valence-electron chi connectivity index (χ3n) is 3.62. The minimum atomic E-state index is -0.153. The maximum Gasteiger partial charge on any atom is 0.310 e. The molecule has 0 aromatic heterocycles. The highest BCUT2D eigenvalue weighted by atomic mass is 127. The Bertz CT molecular complexity index is 352. The van der Waals surface area contributed by atoms with Crippen molar-refractivity contribution < 1.29 is 14.6 Å². The zero-order valence-electron chi connectivity index (χ0n) is 13.3. The first kappa shape index (κ1) is 20.4. The molecule has 0 radical (unpaired) electrons. The molecule has 21 heavy (non-hydrogen) atoms. The molecule has 0 amide bonds. The Kier molecular flexibility index (Phi) is 9.93. The topological polar surface area (TPSA) is 74.2 Å². The lowest BCUT2D eigenvalue weighted by atomic mass is 9.99. The van der Waals surface area contributed by atoms with Crippen molar-refractivity contribution in [1.29, 1.82) is 0 Å². The fraction of sp³-hybridized carbons (Fsp3) is 0.857. The summed E-state index contributed by atoms with van der Waals surface area (Å²) >= 11 is 0. The summed E-state index contributed by atoms with van der Waals surface area (Å²) in [6, 6.07) is 0. The molecule has 0 aromatic rings. The molecule has 7 heteroatoms. The summed E-state index contributed by atoms with van der Waals surface area (Å²) in [5.41, 5.74) is 0. The summed E-state index contributed by atoms with van der Waals surface area (Å²) in [6.07, 6.45) is 0. The van der Waals surface area contributed by atoms with E-state index in [-0.39, 0.29) is 54.3 Å². The molecule has 0 spiro atoms. The van der Waals surface area contributed by atoms with Gasteiger partial charge in [0.15, 0.2) is 5.96 Å². The number of rotatable bonds is 5. The molecule has 1 rings (SSSR count). The number of aliphatic hydroxyl groups is 1. The van der Waals surface area contributed by atoms with Crippen LogP contribution in [0.3, 0.4) is 0 Å². The largest absolute Gasteiger partial charge is 0.469 e. The van der Waals surface area contributed by atoms with Crippen LogP contribution in [0.4, 0.5) is 0 Å². The second kappa shape index (κ2) is 10.2. The minimum absolute atomic E-state index is 0. The first-order valence-electron chi connectivity index (χ1n) is 7.25.